The van der Waals surface area contributed by atoms with Crippen LogP contribution in [0.5, 0.6) is 0 Å². The van der Waals surface area contributed by atoms with Gasteiger partial charge in [-0.05, 0) is 38.2 Å². The van der Waals surface area contributed by atoms with E-state index in [9.17, 15) is 4.79 Å². The molecule has 0 heterocycles. The zero-order valence-electron chi connectivity index (χ0n) is 11.9. The van der Waals surface area contributed by atoms with Crippen LogP contribution in [0, 0.1) is 5.92 Å². The van der Waals surface area contributed by atoms with Crippen LogP contribution in [-0.2, 0) is 4.79 Å². The highest BCUT2D eigenvalue weighted by atomic mass is 16.2. The first kappa shape index (κ1) is 14.1. The van der Waals surface area contributed by atoms with Crippen molar-refractivity contribution in [2.24, 2.45) is 5.92 Å². The zero-order chi connectivity index (χ0) is 13.7. The van der Waals surface area contributed by atoms with Gasteiger partial charge in [0.25, 0.3) is 0 Å². The van der Waals surface area contributed by atoms with E-state index < -0.39 is 0 Å². The summed E-state index contributed by atoms with van der Waals surface area (Å²) in [5.74, 6) is 0.901. The number of amides is 1. The van der Waals surface area contributed by atoms with E-state index in [1.54, 1.807) is 0 Å². The highest BCUT2D eigenvalue weighted by Crippen LogP contribution is 2.40. The molecule has 0 aliphatic heterocycles. The Morgan fingerprint density at radius 2 is 1.89 bits per heavy atom. The highest BCUT2D eigenvalue weighted by Gasteiger charge is 2.32. The number of benzene rings is 1. The highest BCUT2D eigenvalue weighted by molar-refractivity contribution is 5.78. The van der Waals surface area contributed by atoms with Crippen LogP contribution >= 0.6 is 0 Å². The third kappa shape index (κ3) is 3.80. The lowest BCUT2D eigenvalue weighted by atomic mass is 10.0. The molecular formula is C16H24N2O. The second kappa shape index (κ2) is 6.71. The molecule has 0 spiro atoms. The molecule has 0 bridgehead atoms. The normalized spacial score (nSPS) is 16.1. The summed E-state index contributed by atoms with van der Waals surface area (Å²) in [6.07, 6.45) is 2.54. The van der Waals surface area contributed by atoms with Crippen molar-refractivity contribution < 1.29 is 4.79 Å². The van der Waals surface area contributed by atoms with E-state index in [-0.39, 0.29) is 5.91 Å². The third-order valence-corrected chi connectivity index (χ3v) is 3.84. The molecule has 1 N–H and O–H groups in total. The fourth-order valence-corrected chi connectivity index (χ4v) is 2.53. The molecule has 19 heavy (non-hydrogen) atoms. The van der Waals surface area contributed by atoms with Crippen LogP contribution in [0.2, 0.25) is 0 Å². The second-order valence-corrected chi connectivity index (χ2v) is 5.17. The van der Waals surface area contributed by atoms with Crippen LogP contribution < -0.4 is 5.32 Å². The summed E-state index contributed by atoms with van der Waals surface area (Å²) in [5.41, 5.74) is 1.30. The minimum absolute atomic E-state index is 0.201. The summed E-state index contributed by atoms with van der Waals surface area (Å²) < 4.78 is 0. The lowest BCUT2D eigenvalue weighted by Gasteiger charge is -2.22. The fourth-order valence-electron chi connectivity index (χ4n) is 2.53. The molecule has 1 aliphatic rings. The van der Waals surface area contributed by atoms with Gasteiger partial charge in [0.15, 0.2) is 0 Å². The van der Waals surface area contributed by atoms with Crippen LogP contribution in [0.4, 0.5) is 0 Å². The predicted molar refractivity (Wildman–Crippen MR) is 77.8 cm³/mol. The molecule has 0 aromatic heterocycles. The Morgan fingerprint density at radius 1 is 1.26 bits per heavy atom. The number of carbonyl (C=O) groups is 1. The largest absolute Gasteiger partial charge is 0.342 e. The van der Waals surface area contributed by atoms with Crippen LogP contribution in [-0.4, -0.2) is 30.4 Å². The van der Waals surface area contributed by atoms with Gasteiger partial charge in [0.05, 0.1) is 6.54 Å². The fraction of sp³-hybridized carbons (Fsp3) is 0.562. The Labute approximate surface area is 116 Å². The second-order valence-electron chi connectivity index (χ2n) is 5.17. The lowest BCUT2D eigenvalue weighted by Crippen LogP contribution is -2.39. The van der Waals surface area contributed by atoms with Crippen molar-refractivity contribution in [2.75, 3.05) is 19.6 Å². The van der Waals surface area contributed by atoms with E-state index in [1.807, 2.05) is 24.8 Å². The van der Waals surface area contributed by atoms with Gasteiger partial charge in [-0.15, -0.1) is 0 Å². The van der Waals surface area contributed by atoms with E-state index in [0.717, 1.165) is 13.1 Å². The van der Waals surface area contributed by atoms with Gasteiger partial charge in [0, 0.05) is 19.1 Å². The molecule has 1 unspecified atom stereocenters. The molecule has 1 aromatic rings. The first-order valence-electron chi connectivity index (χ1n) is 7.32. The summed E-state index contributed by atoms with van der Waals surface area (Å²) in [4.78, 5) is 13.9. The minimum Gasteiger partial charge on any atom is -0.342 e. The number of carbonyl (C=O) groups excluding carboxylic acids is 1. The van der Waals surface area contributed by atoms with Gasteiger partial charge in [0.2, 0.25) is 5.91 Å². The molecule has 0 saturated heterocycles. The van der Waals surface area contributed by atoms with Gasteiger partial charge in [0.1, 0.15) is 0 Å². The maximum Gasteiger partial charge on any atom is 0.236 e. The van der Waals surface area contributed by atoms with Gasteiger partial charge in [-0.1, -0.05) is 30.3 Å². The van der Waals surface area contributed by atoms with Crippen LogP contribution in [0.25, 0.3) is 0 Å². The van der Waals surface area contributed by atoms with Crippen LogP contribution in [0.15, 0.2) is 30.3 Å². The first-order valence-corrected chi connectivity index (χ1v) is 7.32. The van der Waals surface area contributed by atoms with Crippen molar-refractivity contribution in [2.45, 2.75) is 32.7 Å². The van der Waals surface area contributed by atoms with E-state index >= 15 is 0 Å². The molecule has 1 saturated carbocycles. The maximum absolute atomic E-state index is 12.0. The van der Waals surface area contributed by atoms with Gasteiger partial charge in [-0.2, -0.15) is 0 Å². The Bertz CT molecular complexity index is 396. The van der Waals surface area contributed by atoms with Crippen LogP contribution in [0.1, 0.15) is 38.3 Å². The SMILES string of the molecule is CCN(CC)C(=O)CNC(c1ccccc1)C1CC1. The minimum atomic E-state index is 0.201. The summed E-state index contributed by atoms with van der Waals surface area (Å²) in [6, 6.07) is 10.8. The van der Waals surface area contributed by atoms with E-state index in [4.69, 9.17) is 0 Å². The van der Waals surface area contributed by atoms with Gasteiger partial charge >= 0.3 is 0 Å². The molecule has 3 heteroatoms. The van der Waals surface area contributed by atoms with E-state index in [2.05, 4.69) is 29.6 Å². The Morgan fingerprint density at radius 3 is 2.42 bits per heavy atom. The predicted octanol–water partition coefficient (Wildman–Crippen LogP) is 2.60. The number of nitrogens with one attached hydrogen (secondary N) is 1. The van der Waals surface area contributed by atoms with Crippen molar-refractivity contribution in [3.63, 3.8) is 0 Å². The smallest absolute Gasteiger partial charge is 0.236 e. The monoisotopic (exact) mass is 260 g/mol. The topological polar surface area (TPSA) is 32.3 Å². The molecule has 0 radical (unpaired) electrons. The maximum atomic E-state index is 12.0. The average molecular weight is 260 g/mol. The zero-order valence-corrected chi connectivity index (χ0v) is 11.9. The number of hydrogen-bond donors (Lipinski definition) is 1. The number of likely N-dealkylation sites (N-methyl/N-ethyl adjacent to an activating group) is 1. The van der Waals surface area contributed by atoms with Crippen molar-refractivity contribution >= 4 is 5.91 Å². The molecule has 1 aliphatic carbocycles. The van der Waals surface area contributed by atoms with Crippen LogP contribution in [0.3, 0.4) is 0 Å². The van der Waals surface area contributed by atoms with Gasteiger partial charge in [-0.3, -0.25) is 4.79 Å². The molecular weight excluding hydrogens is 236 g/mol. The quantitative estimate of drug-likeness (QED) is 0.817. The standard InChI is InChI=1S/C16H24N2O/c1-3-18(4-2)15(19)12-17-16(14-10-11-14)13-8-6-5-7-9-13/h5-9,14,16-17H,3-4,10-12H2,1-2H3. The Balaban J connectivity index is 1.93. The molecule has 1 fully saturated rings. The van der Waals surface area contributed by atoms with Crippen molar-refractivity contribution in [3.05, 3.63) is 35.9 Å². The molecule has 3 nitrogen and oxygen atoms in total. The first-order chi connectivity index (χ1) is 9.26. The molecule has 1 aromatic carbocycles. The Kier molecular flexibility index (Phi) is 4.97. The third-order valence-electron chi connectivity index (χ3n) is 3.84. The van der Waals surface area contributed by atoms with Crippen molar-refractivity contribution in [1.82, 2.24) is 10.2 Å². The summed E-state index contributed by atoms with van der Waals surface area (Å²) in [7, 11) is 0. The van der Waals surface area contributed by atoms with Crippen molar-refractivity contribution in [3.8, 4) is 0 Å². The lowest BCUT2D eigenvalue weighted by molar-refractivity contribution is -0.130. The molecule has 1 atom stereocenters. The number of hydrogen-bond acceptors (Lipinski definition) is 2. The van der Waals surface area contributed by atoms with E-state index in [1.165, 1.54) is 18.4 Å². The number of rotatable bonds is 7. The summed E-state index contributed by atoms with van der Waals surface area (Å²) in [6.45, 7) is 6.07. The molecule has 1 amide bonds. The molecule has 2 rings (SSSR count). The van der Waals surface area contributed by atoms with E-state index in [0.29, 0.717) is 18.5 Å². The average Bonchev–Trinajstić information content (AvgIpc) is 3.26. The summed E-state index contributed by atoms with van der Waals surface area (Å²) in [5, 5.41) is 3.46. The van der Waals surface area contributed by atoms with Gasteiger partial charge < -0.3 is 10.2 Å². The number of nitrogens with zero attached hydrogens (tertiary/aromatic N) is 1. The molecule has 104 valence electrons. The summed E-state index contributed by atoms with van der Waals surface area (Å²) >= 11 is 0. The van der Waals surface area contributed by atoms with Crippen molar-refractivity contribution in [1.29, 1.82) is 0 Å². The Hall–Kier alpha value is -1.35. The van der Waals surface area contributed by atoms with Gasteiger partial charge in [-0.25, -0.2) is 0 Å².